The molecule has 0 saturated carbocycles. The Morgan fingerprint density at radius 3 is 2.40 bits per heavy atom. The Labute approximate surface area is 105 Å². The number of aryl methyl sites for hydroxylation is 2. The fraction of sp³-hybridized carbons (Fsp3) is 0.727. The summed E-state index contributed by atoms with van der Waals surface area (Å²) in [4.78, 5) is 0. The molecular weight excluding hydrogens is 272 g/mol. The molecule has 0 N–H and O–H groups in total. The van der Waals surface area contributed by atoms with Crippen molar-refractivity contribution in [3.63, 3.8) is 0 Å². The van der Waals surface area contributed by atoms with Crippen LogP contribution in [0, 0.1) is 0 Å². The van der Waals surface area contributed by atoms with E-state index in [-0.39, 0.29) is 0 Å². The number of rotatable bonds is 3. The summed E-state index contributed by atoms with van der Waals surface area (Å²) in [6, 6.07) is 0. The van der Waals surface area contributed by atoms with E-state index in [1.54, 1.807) is 0 Å². The summed E-state index contributed by atoms with van der Waals surface area (Å²) < 4.78 is 3.47. The molecule has 0 bridgehead atoms. The van der Waals surface area contributed by atoms with Gasteiger partial charge in [0.05, 0.1) is 15.9 Å². The lowest BCUT2D eigenvalue weighted by atomic mass is 10.3. The molecule has 86 valence electrons. The third-order valence-electron chi connectivity index (χ3n) is 2.14. The molecule has 0 aliphatic carbocycles. The fourth-order valence-electron chi connectivity index (χ4n) is 1.26. The van der Waals surface area contributed by atoms with E-state index in [9.17, 15) is 0 Å². The lowest BCUT2D eigenvalue weighted by Gasteiger charge is -2.17. The van der Waals surface area contributed by atoms with Gasteiger partial charge in [0.15, 0.2) is 0 Å². The summed E-state index contributed by atoms with van der Waals surface area (Å²) in [7, 11) is 2.02. The van der Waals surface area contributed by atoms with Crippen molar-refractivity contribution in [1.82, 2.24) is 9.78 Å². The van der Waals surface area contributed by atoms with Crippen LogP contribution in [-0.4, -0.2) is 14.5 Å². The molecule has 0 spiro atoms. The molecule has 4 heteroatoms. The molecular formula is C11H19BrN2S. The molecule has 2 nitrogen and oxygen atoms in total. The van der Waals surface area contributed by atoms with Crippen LogP contribution in [0.4, 0.5) is 0 Å². The first-order valence-electron chi connectivity index (χ1n) is 5.19. The quantitative estimate of drug-likeness (QED) is 0.843. The summed E-state index contributed by atoms with van der Waals surface area (Å²) in [5.41, 5.74) is 2.44. The molecule has 0 amide bonds. The Morgan fingerprint density at radius 1 is 1.40 bits per heavy atom. The first-order valence-corrected chi connectivity index (χ1v) is 6.97. The molecule has 1 heterocycles. The van der Waals surface area contributed by atoms with Gasteiger partial charge in [0, 0.05) is 17.5 Å². The van der Waals surface area contributed by atoms with Crippen LogP contribution >= 0.6 is 27.7 Å². The zero-order chi connectivity index (χ0) is 11.6. The standard InChI is InChI=1S/C11H19BrN2S/c1-6-8-10(12)9(14(5)13-8)7-15-11(2,3)4/h6-7H2,1-5H3. The number of hydrogen-bond donors (Lipinski definition) is 0. The van der Waals surface area contributed by atoms with Crippen molar-refractivity contribution < 1.29 is 0 Å². The Kier molecular flexibility index (Phi) is 4.29. The van der Waals surface area contributed by atoms with Crippen LogP contribution in [0.15, 0.2) is 4.47 Å². The SMILES string of the molecule is CCc1nn(C)c(CSC(C)(C)C)c1Br. The van der Waals surface area contributed by atoms with Gasteiger partial charge in [-0.25, -0.2) is 0 Å². The molecule has 0 aliphatic heterocycles. The van der Waals surface area contributed by atoms with Gasteiger partial charge in [-0.15, -0.1) is 11.8 Å². The minimum atomic E-state index is 0.302. The lowest BCUT2D eigenvalue weighted by molar-refractivity contribution is 0.717. The topological polar surface area (TPSA) is 17.8 Å². The number of hydrogen-bond acceptors (Lipinski definition) is 2. The summed E-state index contributed by atoms with van der Waals surface area (Å²) in [6.45, 7) is 8.85. The van der Waals surface area contributed by atoms with Crippen LogP contribution in [0.5, 0.6) is 0 Å². The van der Waals surface area contributed by atoms with Gasteiger partial charge in [-0.1, -0.05) is 27.7 Å². The number of halogens is 1. The van der Waals surface area contributed by atoms with Crippen molar-refractivity contribution >= 4 is 27.7 Å². The summed E-state index contributed by atoms with van der Waals surface area (Å²) in [6.07, 6.45) is 0.981. The van der Waals surface area contributed by atoms with Crippen molar-refractivity contribution in [2.75, 3.05) is 0 Å². The van der Waals surface area contributed by atoms with Crippen molar-refractivity contribution in [3.8, 4) is 0 Å². The fourth-order valence-corrected chi connectivity index (χ4v) is 3.10. The lowest BCUT2D eigenvalue weighted by Crippen LogP contribution is -2.09. The van der Waals surface area contributed by atoms with Crippen molar-refractivity contribution in [1.29, 1.82) is 0 Å². The van der Waals surface area contributed by atoms with Crippen LogP contribution in [0.2, 0.25) is 0 Å². The summed E-state index contributed by atoms with van der Waals surface area (Å²) in [5.74, 6) is 1.01. The predicted octanol–water partition coefficient (Wildman–Crippen LogP) is 3.78. The molecule has 1 rings (SSSR count). The minimum absolute atomic E-state index is 0.302. The first-order chi connectivity index (χ1) is 6.85. The van der Waals surface area contributed by atoms with E-state index in [0.29, 0.717) is 4.75 Å². The second-order valence-electron chi connectivity index (χ2n) is 4.59. The van der Waals surface area contributed by atoms with E-state index in [2.05, 4.69) is 48.7 Å². The predicted molar refractivity (Wildman–Crippen MR) is 71.3 cm³/mol. The molecule has 0 radical (unpaired) electrons. The molecule has 0 fully saturated rings. The molecule has 0 atom stereocenters. The Bertz CT molecular complexity index is 339. The van der Waals surface area contributed by atoms with Gasteiger partial charge in [-0.2, -0.15) is 5.10 Å². The van der Waals surface area contributed by atoms with E-state index in [1.165, 1.54) is 10.2 Å². The van der Waals surface area contributed by atoms with Crippen LogP contribution in [0.1, 0.15) is 39.1 Å². The van der Waals surface area contributed by atoms with Crippen LogP contribution in [0.3, 0.4) is 0 Å². The maximum atomic E-state index is 4.49. The summed E-state index contributed by atoms with van der Waals surface area (Å²) >= 11 is 5.58. The van der Waals surface area contributed by atoms with Gasteiger partial charge in [-0.05, 0) is 22.4 Å². The summed E-state index contributed by atoms with van der Waals surface area (Å²) in [5, 5.41) is 4.49. The van der Waals surface area contributed by atoms with Crippen LogP contribution < -0.4 is 0 Å². The second-order valence-corrected chi connectivity index (χ2v) is 7.18. The highest BCUT2D eigenvalue weighted by Gasteiger charge is 2.16. The normalized spacial score (nSPS) is 12.1. The van der Waals surface area contributed by atoms with Gasteiger partial charge in [0.25, 0.3) is 0 Å². The third kappa shape index (κ3) is 3.52. The van der Waals surface area contributed by atoms with Gasteiger partial charge >= 0.3 is 0 Å². The third-order valence-corrected chi connectivity index (χ3v) is 4.34. The highest BCUT2D eigenvalue weighted by molar-refractivity contribution is 9.10. The monoisotopic (exact) mass is 290 g/mol. The van der Waals surface area contributed by atoms with E-state index in [1.807, 2.05) is 23.5 Å². The van der Waals surface area contributed by atoms with E-state index < -0.39 is 0 Å². The van der Waals surface area contributed by atoms with Gasteiger partial charge < -0.3 is 0 Å². The molecule has 1 aromatic heterocycles. The second kappa shape index (κ2) is 4.91. The van der Waals surface area contributed by atoms with Crippen molar-refractivity contribution in [3.05, 3.63) is 15.9 Å². The number of nitrogens with zero attached hydrogens (tertiary/aromatic N) is 2. The highest BCUT2D eigenvalue weighted by Crippen LogP contribution is 2.31. The Hall–Kier alpha value is 0.0400. The number of thioether (sulfide) groups is 1. The largest absolute Gasteiger partial charge is 0.270 e. The minimum Gasteiger partial charge on any atom is -0.270 e. The molecule has 15 heavy (non-hydrogen) atoms. The van der Waals surface area contributed by atoms with Gasteiger partial charge in [0.1, 0.15) is 0 Å². The Balaban J connectivity index is 2.81. The van der Waals surface area contributed by atoms with Crippen molar-refractivity contribution in [2.24, 2.45) is 7.05 Å². The van der Waals surface area contributed by atoms with Crippen LogP contribution in [-0.2, 0) is 19.2 Å². The molecule has 0 saturated heterocycles. The van der Waals surface area contributed by atoms with E-state index >= 15 is 0 Å². The molecule has 0 aliphatic rings. The van der Waals surface area contributed by atoms with Crippen LogP contribution in [0.25, 0.3) is 0 Å². The van der Waals surface area contributed by atoms with E-state index in [4.69, 9.17) is 0 Å². The van der Waals surface area contributed by atoms with Gasteiger partial charge in [-0.3, -0.25) is 4.68 Å². The average Bonchev–Trinajstić information content (AvgIpc) is 2.37. The molecule has 0 aromatic carbocycles. The molecule has 1 aromatic rings. The zero-order valence-electron chi connectivity index (χ0n) is 10.1. The smallest absolute Gasteiger partial charge is 0.0767 e. The number of aromatic nitrogens is 2. The van der Waals surface area contributed by atoms with Gasteiger partial charge in [0.2, 0.25) is 0 Å². The Morgan fingerprint density at radius 2 is 2.00 bits per heavy atom. The zero-order valence-corrected chi connectivity index (χ0v) is 12.5. The highest BCUT2D eigenvalue weighted by atomic mass is 79.9. The average molecular weight is 291 g/mol. The maximum absolute atomic E-state index is 4.49. The maximum Gasteiger partial charge on any atom is 0.0767 e. The molecule has 0 unspecified atom stereocenters. The first kappa shape index (κ1) is 13.1. The van der Waals surface area contributed by atoms with Crippen molar-refractivity contribution in [2.45, 2.75) is 44.6 Å². The van der Waals surface area contributed by atoms with E-state index in [0.717, 1.165) is 17.9 Å².